The van der Waals surface area contributed by atoms with Crippen LogP contribution in [-0.4, -0.2) is 36.2 Å². The minimum Gasteiger partial charge on any atom is -0.481 e. The number of hydrogen-bond acceptors (Lipinski definition) is 3. The van der Waals surface area contributed by atoms with Gasteiger partial charge >= 0.3 is 5.97 Å². The summed E-state index contributed by atoms with van der Waals surface area (Å²) in [5.74, 6) is -1.10. The highest BCUT2D eigenvalue weighted by atomic mass is 16.5. The first-order valence-corrected chi connectivity index (χ1v) is 5.38. The molecule has 0 heterocycles. The monoisotopic (exact) mass is 231 g/mol. The molecular formula is C11H21NO4. The van der Waals surface area contributed by atoms with Crippen LogP contribution in [0.4, 0.5) is 0 Å². The largest absolute Gasteiger partial charge is 0.481 e. The number of aliphatic carboxylic acids is 1. The number of carbonyl (C=O) groups is 2. The normalized spacial score (nSPS) is 13.2. The van der Waals surface area contributed by atoms with Crippen molar-refractivity contribution in [3.63, 3.8) is 0 Å². The summed E-state index contributed by atoms with van der Waals surface area (Å²) < 4.78 is 5.02. The summed E-state index contributed by atoms with van der Waals surface area (Å²) in [6, 6.07) is 0. The number of nitrogens with one attached hydrogen (secondary N) is 1. The highest BCUT2D eigenvalue weighted by molar-refractivity contribution is 5.84. The molecule has 1 atom stereocenters. The topological polar surface area (TPSA) is 75.6 Å². The maximum atomic E-state index is 11.6. The van der Waals surface area contributed by atoms with Crippen LogP contribution in [0.2, 0.25) is 0 Å². The first-order valence-electron chi connectivity index (χ1n) is 5.38. The Balaban J connectivity index is 4.12. The lowest BCUT2D eigenvalue weighted by Crippen LogP contribution is -2.45. The summed E-state index contributed by atoms with van der Waals surface area (Å²) in [5.41, 5.74) is -0.873. The lowest BCUT2D eigenvalue weighted by molar-refractivity contribution is -0.141. The molecule has 0 aliphatic heterocycles. The molecule has 0 saturated carbocycles. The van der Waals surface area contributed by atoms with E-state index in [1.165, 1.54) is 7.11 Å². The maximum Gasteiger partial charge on any atom is 0.303 e. The van der Waals surface area contributed by atoms with Gasteiger partial charge in [-0.25, -0.2) is 0 Å². The van der Waals surface area contributed by atoms with Crippen LogP contribution >= 0.6 is 0 Å². The first kappa shape index (κ1) is 14.9. The molecule has 0 aromatic carbocycles. The summed E-state index contributed by atoms with van der Waals surface area (Å²) in [7, 11) is 1.47. The average Bonchev–Trinajstić information content (AvgIpc) is 2.22. The van der Waals surface area contributed by atoms with Crippen molar-refractivity contribution in [3.05, 3.63) is 0 Å². The second-order valence-corrected chi connectivity index (χ2v) is 4.30. The van der Waals surface area contributed by atoms with Gasteiger partial charge in [-0.3, -0.25) is 9.59 Å². The van der Waals surface area contributed by atoms with E-state index in [1.807, 2.05) is 6.92 Å². The van der Waals surface area contributed by atoms with Crippen molar-refractivity contribution in [1.82, 2.24) is 5.32 Å². The zero-order chi connectivity index (χ0) is 12.8. The fraction of sp³-hybridized carbons (Fsp3) is 0.818. The molecule has 0 aromatic heterocycles. The Bertz CT molecular complexity index is 250. The van der Waals surface area contributed by atoms with Gasteiger partial charge in [0.05, 0.1) is 0 Å². The van der Waals surface area contributed by atoms with Crippen LogP contribution in [0.25, 0.3) is 0 Å². The van der Waals surface area contributed by atoms with Crippen LogP contribution in [0.1, 0.15) is 33.6 Å². The van der Waals surface area contributed by atoms with Gasteiger partial charge in [0, 0.05) is 20.1 Å². The maximum absolute atomic E-state index is 11.6. The molecule has 5 nitrogen and oxygen atoms in total. The van der Waals surface area contributed by atoms with Crippen molar-refractivity contribution in [3.8, 4) is 0 Å². The second kappa shape index (κ2) is 6.48. The molecule has 94 valence electrons. The number of amides is 1. The molecule has 0 bridgehead atoms. The molecule has 0 fully saturated rings. The molecule has 0 rings (SSSR count). The van der Waals surface area contributed by atoms with Crippen LogP contribution in [0, 0.1) is 5.92 Å². The van der Waals surface area contributed by atoms with Gasteiger partial charge in [-0.2, -0.15) is 0 Å². The SMILES string of the molecule is CCC(CNC(=O)C(C)(C)OC)CC(=O)O. The van der Waals surface area contributed by atoms with Crippen LogP contribution in [0.3, 0.4) is 0 Å². The molecule has 2 N–H and O–H groups in total. The zero-order valence-electron chi connectivity index (χ0n) is 10.4. The summed E-state index contributed by atoms with van der Waals surface area (Å²) in [6.07, 6.45) is 0.796. The van der Waals surface area contributed by atoms with Gasteiger partial charge in [-0.15, -0.1) is 0 Å². The molecular weight excluding hydrogens is 210 g/mol. The lowest BCUT2D eigenvalue weighted by atomic mass is 10.0. The Labute approximate surface area is 96.2 Å². The molecule has 5 heteroatoms. The molecule has 0 aliphatic rings. The molecule has 0 aliphatic carbocycles. The van der Waals surface area contributed by atoms with E-state index in [0.29, 0.717) is 6.54 Å². The molecule has 0 spiro atoms. The summed E-state index contributed by atoms with van der Waals surface area (Å²) >= 11 is 0. The van der Waals surface area contributed by atoms with Crippen molar-refractivity contribution in [2.24, 2.45) is 5.92 Å². The van der Waals surface area contributed by atoms with E-state index in [-0.39, 0.29) is 18.2 Å². The average molecular weight is 231 g/mol. The minimum absolute atomic E-state index is 0.0332. The van der Waals surface area contributed by atoms with E-state index in [0.717, 1.165) is 6.42 Å². The van der Waals surface area contributed by atoms with E-state index in [1.54, 1.807) is 13.8 Å². The Kier molecular flexibility index (Phi) is 6.03. The third kappa shape index (κ3) is 5.11. The van der Waals surface area contributed by atoms with Gasteiger partial charge in [0.1, 0.15) is 5.60 Å². The highest BCUT2D eigenvalue weighted by Crippen LogP contribution is 2.10. The zero-order valence-corrected chi connectivity index (χ0v) is 10.4. The number of hydrogen-bond donors (Lipinski definition) is 2. The third-order valence-corrected chi connectivity index (χ3v) is 2.65. The first-order chi connectivity index (χ1) is 7.33. The fourth-order valence-electron chi connectivity index (χ4n) is 1.15. The Morgan fingerprint density at radius 2 is 2.00 bits per heavy atom. The smallest absolute Gasteiger partial charge is 0.303 e. The van der Waals surface area contributed by atoms with E-state index < -0.39 is 11.6 Å². The summed E-state index contributed by atoms with van der Waals surface area (Å²) in [4.78, 5) is 22.1. The van der Waals surface area contributed by atoms with E-state index in [2.05, 4.69) is 5.32 Å². The van der Waals surface area contributed by atoms with Gasteiger partial charge in [0.15, 0.2) is 0 Å². The highest BCUT2D eigenvalue weighted by Gasteiger charge is 2.27. The predicted molar refractivity (Wildman–Crippen MR) is 60.1 cm³/mol. The van der Waals surface area contributed by atoms with Crippen LogP contribution < -0.4 is 5.32 Å². The van der Waals surface area contributed by atoms with E-state index in [9.17, 15) is 9.59 Å². The van der Waals surface area contributed by atoms with Gasteiger partial charge in [0.25, 0.3) is 5.91 Å². The van der Waals surface area contributed by atoms with Crippen molar-refractivity contribution >= 4 is 11.9 Å². The van der Waals surface area contributed by atoms with E-state index >= 15 is 0 Å². The molecule has 0 saturated heterocycles. The minimum atomic E-state index is -0.873. The summed E-state index contributed by atoms with van der Waals surface area (Å²) in [5, 5.41) is 11.4. The third-order valence-electron chi connectivity index (χ3n) is 2.65. The standard InChI is InChI=1S/C11H21NO4/c1-5-8(6-9(13)14)7-12-10(15)11(2,3)16-4/h8H,5-7H2,1-4H3,(H,12,15)(H,13,14). The lowest BCUT2D eigenvalue weighted by Gasteiger charge is -2.23. The molecule has 0 aromatic rings. The van der Waals surface area contributed by atoms with Gasteiger partial charge < -0.3 is 15.2 Å². The number of carbonyl (C=O) groups excluding carboxylic acids is 1. The predicted octanol–water partition coefficient (Wildman–Crippen LogP) is 1.03. The Hall–Kier alpha value is -1.10. The molecule has 0 radical (unpaired) electrons. The quantitative estimate of drug-likeness (QED) is 0.686. The van der Waals surface area contributed by atoms with Crippen LogP contribution in [0.5, 0.6) is 0 Å². The molecule has 16 heavy (non-hydrogen) atoms. The van der Waals surface area contributed by atoms with Crippen molar-refractivity contribution in [2.75, 3.05) is 13.7 Å². The number of rotatable bonds is 7. The number of carboxylic acids is 1. The Morgan fingerprint density at radius 3 is 2.38 bits per heavy atom. The Morgan fingerprint density at radius 1 is 1.44 bits per heavy atom. The number of ether oxygens (including phenoxy) is 1. The van der Waals surface area contributed by atoms with Gasteiger partial charge in [-0.05, 0) is 19.8 Å². The van der Waals surface area contributed by atoms with Gasteiger partial charge in [0.2, 0.25) is 0 Å². The van der Waals surface area contributed by atoms with Crippen LogP contribution in [0.15, 0.2) is 0 Å². The number of methoxy groups -OCH3 is 1. The van der Waals surface area contributed by atoms with Crippen molar-refractivity contribution in [1.29, 1.82) is 0 Å². The van der Waals surface area contributed by atoms with Crippen molar-refractivity contribution in [2.45, 2.75) is 39.2 Å². The van der Waals surface area contributed by atoms with E-state index in [4.69, 9.17) is 9.84 Å². The fourth-order valence-corrected chi connectivity index (χ4v) is 1.15. The van der Waals surface area contributed by atoms with Crippen LogP contribution in [-0.2, 0) is 14.3 Å². The number of carboxylic acid groups (broad SMARTS) is 1. The van der Waals surface area contributed by atoms with Crippen molar-refractivity contribution < 1.29 is 19.4 Å². The molecule has 1 unspecified atom stereocenters. The molecule has 1 amide bonds. The summed E-state index contributed by atoms with van der Waals surface area (Å²) in [6.45, 7) is 5.61. The van der Waals surface area contributed by atoms with Gasteiger partial charge in [-0.1, -0.05) is 13.3 Å². The second-order valence-electron chi connectivity index (χ2n) is 4.30.